The molecule has 1 fully saturated rings. The molecule has 2 heterocycles. The molecule has 0 aliphatic carbocycles. The fourth-order valence-electron chi connectivity index (χ4n) is 3.62. The van der Waals surface area contributed by atoms with Crippen LogP contribution >= 0.6 is 0 Å². The monoisotopic (exact) mass is 424 g/mol. The van der Waals surface area contributed by atoms with E-state index in [-0.39, 0.29) is 24.5 Å². The zero-order valence-corrected chi connectivity index (χ0v) is 17.2. The minimum absolute atomic E-state index is 0.194. The molecule has 31 heavy (non-hydrogen) atoms. The highest BCUT2D eigenvalue weighted by molar-refractivity contribution is 5.74. The van der Waals surface area contributed by atoms with Crippen LogP contribution in [0.5, 0.6) is 0 Å². The summed E-state index contributed by atoms with van der Waals surface area (Å²) in [5, 5.41) is 7.00. The smallest absolute Gasteiger partial charge is 0.318 e. The first-order chi connectivity index (χ1) is 15.2. The fraction of sp³-hybridized carbons (Fsp3) is 0.348. The topological polar surface area (TPSA) is 80.5 Å². The summed E-state index contributed by atoms with van der Waals surface area (Å²) in [5.74, 6) is 0.588. The summed E-state index contributed by atoms with van der Waals surface area (Å²) >= 11 is 0. The van der Waals surface area contributed by atoms with Crippen molar-refractivity contribution < 1.29 is 18.4 Å². The van der Waals surface area contributed by atoms with Crippen LogP contribution < -0.4 is 5.32 Å². The maximum atomic E-state index is 13.1. The second kappa shape index (κ2) is 10.2. The van der Waals surface area contributed by atoms with Gasteiger partial charge in [-0.05, 0) is 42.5 Å². The van der Waals surface area contributed by atoms with Crippen molar-refractivity contribution in [3.63, 3.8) is 0 Å². The van der Waals surface area contributed by atoms with Crippen LogP contribution in [0.25, 0.3) is 0 Å². The van der Waals surface area contributed by atoms with Crippen LogP contribution in [0.15, 0.2) is 59.1 Å². The van der Waals surface area contributed by atoms with Crippen molar-refractivity contribution in [2.45, 2.75) is 45.1 Å². The number of rotatable bonds is 7. The molecule has 1 saturated heterocycles. The molecule has 1 unspecified atom stereocenters. The molecular formula is C23H25FN4O3. The van der Waals surface area contributed by atoms with Gasteiger partial charge in [0.15, 0.2) is 5.82 Å². The molecule has 4 rings (SSSR count). The van der Waals surface area contributed by atoms with Crippen molar-refractivity contribution in [1.82, 2.24) is 20.4 Å². The van der Waals surface area contributed by atoms with E-state index in [0.29, 0.717) is 31.4 Å². The number of hydrogen-bond acceptors (Lipinski definition) is 5. The number of benzene rings is 2. The van der Waals surface area contributed by atoms with Gasteiger partial charge in [-0.25, -0.2) is 9.18 Å². The Labute approximate surface area is 180 Å². The van der Waals surface area contributed by atoms with E-state index in [1.165, 1.54) is 12.1 Å². The normalized spacial score (nSPS) is 16.3. The molecule has 162 valence electrons. The highest BCUT2D eigenvalue weighted by Gasteiger charge is 2.31. The molecule has 0 bridgehead atoms. The number of nitrogens with one attached hydrogen (secondary N) is 1. The average molecular weight is 424 g/mol. The molecule has 1 atom stereocenters. The van der Waals surface area contributed by atoms with E-state index in [4.69, 9.17) is 9.26 Å². The van der Waals surface area contributed by atoms with E-state index in [1.54, 1.807) is 17.0 Å². The Kier molecular flexibility index (Phi) is 6.89. The molecular weight excluding hydrogens is 399 g/mol. The molecule has 8 heteroatoms. The lowest BCUT2D eigenvalue weighted by Crippen LogP contribution is -2.44. The third-order valence-electron chi connectivity index (χ3n) is 5.24. The van der Waals surface area contributed by atoms with Crippen LogP contribution in [0.1, 0.15) is 48.1 Å². The molecule has 0 spiro atoms. The summed E-state index contributed by atoms with van der Waals surface area (Å²) in [6, 6.07) is 15.5. The Bertz CT molecular complexity index is 978. The Balaban J connectivity index is 1.33. The minimum atomic E-state index is -0.299. The van der Waals surface area contributed by atoms with Gasteiger partial charge in [0.05, 0.1) is 12.6 Å². The average Bonchev–Trinajstić information content (AvgIpc) is 3.28. The zero-order valence-electron chi connectivity index (χ0n) is 17.2. The van der Waals surface area contributed by atoms with Crippen molar-refractivity contribution in [3.05, 3.63) is 83.3 Å². The number of amides is 2. The quantitative estimate of drug-likeness (QED) is 0.609. The molecule has 2 aromatic carbocycles. The van der Waals surface area contributed by atoms with Gasteiger partial charge < -0.3 is 19.5 Å². The number of carbonyl (C=O) groups is 1. The van der Waals surface area contributed by atoms with Gasteiger partial charge in [-0.15, -0.1) is 0 Å². The lowest BCUT2D eigenvalue weighted by Gasteiger charge is -2.33. The van der Waals surface area contributed by atoms with Crippen LogP contribution in [0, 0.1) is 5.82 Å². The van der Waals surface area contributed by atoms with E-state index in [2.05, 4.69) is 15.5 Å². The number of halogens is 1. The maximum absolute atomic E-state index is 13.1. The summed E-state index contributed by atoms with van der Waals surface area (Å²) in [7, 11) is 0. The maximum Gasteiger partial charge on any atom is 0.318 e. The van der Waals surface area contributed by atoms with Crippen LogP contribution in [0.4, 0.5) is 9.18 Å². The summed E-state index contributed by atoms with van der Waals surface area (Å²) in [6.45, 7) is 1.62. The molecule has 0 saturated carbocycles. The lowest BCUT2D eigenvalue weighted by atomic mass is 10.0. The van der Waals surface area contributed by atoms with Gasteiger partial charge in [-0.1, -0.05) is 47.6 Å². The number of ether oxygens (including phenoxy) is 1. The summed E-state index contributed by atoms with van der Waals surface area (Å²) < 4.78 is 24.1. The van der Waals surface area contributed by atoms with Crippen molar-refractivity contribution in [2.75, 3.05) is 6.54 Å². The van der Waals surface area contributed by atoms with Crippen LogP contribution in [0.2, 0.25) is 0 Å². The van der Waals surface area contributed by atoms with Gasteiger partial charge in [0.1, 0.15) is 12.4 Å². The zero-order chi connectivity index (χ0) is 21.5. The number of aromatic nitrogens is 2. The van der Waals surface area contributed by atoms with Crippen LogP contribution in [0.3, 0.4) is 0 Å². The van der Waals surface area contributed by atoms with E-state index in [1.807, 2.05) is 30.3 Å². The summed E-state index contributed by atoms with van der Waals surface area (Å²) in [4.78, 5) is 19.0. The summed E-state index contributed by atoms with van der Waals surface area (Å²) in [6.07, 6.45) is 2.68. The van der Waals surface area contributed by atoms with E-state index in [9.17, 15) is 9.18 Å². The van der Waals surface area contributed by atoms with E-state index >= 15 is 0 Å². The number of likely N-dealkylation sites (tertiary alicyclic amines) is 1. The third-order valence-corrected chi connectivity index (χ3v) is 5.24. The molecule has 1 aliphatic heterocycles. The largest absolute Gasteiger partial charge is 0.367 e. The molecule has 1 aromatic heterocycles. The first-order valence-corrected chi connectivity index (χ1v) is 10.4. The SMILES string of the molecule is O=C(NCc1ccc(F)cc1)N1CCCCC1c1noc(COCc2ccccc2)n1. The lowest BCUT2D eigenvalue weighted by molar-refractivity contribution is 0.0850. The van der Waals surface area contributed by atoms with Gasteiger partial charge in [0.2, 0.25) is 0 Å². The molecule has 0 radical (unpaired) electrons. The predicted octanol–water partition coefficient (Wildman–Crippen LogP) is 4.36. The predicted molar refractivity (Wildman–Crippen MR) is 111 cm³/mol. The van der Waals surface area contributed by atoms with E-state index < -0.39 is 0 Å². The Morgan fingerprint density at radius 2 is 1.90 bits per heavy atom. The van der Waals surface area contributed by atoms with Crippen LogP contribution in [-0.2, 0) is 24.5 Å². The van der Waals surface area contributed by atoms with Crippen molar-refractivity contribution in [2.24, 2.45) is 0 Å². The van der Waals surface area contributed by atoms with Gasteiger partial charge >= 0.3 is 6.03 Å². The molecule has 7 nitrogen and oxygen atoms in total. The summed E-state index contributed by atoms with van der Waals surface area (Å²) in [5.41, 5.74) is 1.90. The van der Waals surface area contributed by atoms with Gasteiger partial charge in [-0.2, -0.15) is 4.98 Å². The minimum Gasteiger partial charge on any atom is -0.367 e. The van der Waals surface area contributed by atoms with Gasteiger partial charge in [0, 0.05) is 13.1 Å². The van der Waals surface area contributed by atoms with Gasteiger partial charge in [-0.3, -0.25) is 0 Å². The van der Waals surface area contributed by atoms with Crippen molar-refractivity contribution >= 4 is 6.03 Å². The molecule has 1 N–H and O–H groups in total. The fourth-order valence-corrected chi connectivity index (χ4v) is 3.62. The Morgan fingerprint density at radius 3 is 2.71 bits per heavy atom. The number of nitrogens with zero attached hydrogens (tertiary/aromatic N) is 3. The second-order valence-electron chi connectivity index (χ2n) is 7.51. The number of carbonyl (C=O) groups excluding carboxylic acids is 1. The highest BCUT2D eigenvalue weighted by Crippen LogP contribution is 2.29. The van der Waals surface area contributed by atoms with Crippen LogP contribution in [-0.4, -0.2) is 27.6 Å². The number of urea groups is 1. The molecule has 1 aliphatic rings. The first kappa shape index (κ1) is 21.0. The Hall–Kier alpha value is -3.26. The Morgan fingerprint density at radius 1 is 1.10 bits per heavy atom. The highest BCUT2D eigenvalue weighted by atomic mass is 19.1. The number of hydrogen-bond donors (Lipinski definition) is 1. The van der Waals surface area contributed by atoms with Gasteiger partial charge in [0.25, 0.3) is 5.89 Å². The first-order valence-electron chi connectivity index (χ1n) is 10.4. The molecule has 2 amide bonds. The number of piperidine rings is 1. The molecule has 3 aromatic rings. The van der Waals surface area contributed by atoms with E-state index in [0.717, 1.165) is 30.4 Å². The van der Waals surface area contributed by atoms with Crippen molar-refractivity contribution in [1.29, 1.82) is 0 Å². The standard InChI is InChI=1S/C23H25FN4O3/c24-19-11-9-17(10-12-19)14-25-23(29)28-13-5-4-8-20(28)22-26-21(31-27-22)16-30-15-18-6-2-1-3-7-18/h1-3,6-7,9-12,20H,4-5,8,13-16H2,(H,25,29). The second-order valence-corrected chi connectivity index (χ2v) is 7.51. The third kappa shape index (κ3) is 5.67. The van der Waals surface area contributed by atoms with Crippen molar-refractivity contribution in [3.8, 4) is 0 Å².